The van der Waals surface area contributed by atoms with Crippen molar-refractivity contribution in [2.45, 2.75) is 58.4 Å². The minimum Gasteiger partial charge on any atom is -0.313 e. The summed E-state index contributed by atoms with van der Waals surface area (Å²) in [5, 5.41) is 3.68. The van der Waals surface area contributed by atoms with Crippen molar-refractivity contribution in [3.05, 3.63) is 12.2 Å². The van der Waals surface area contributed by atoms with Gasteiger partial charge in [-0.2, -0.15) is 0 Å². The second kappa shape index (κ2) is 7.05. The summed E-state index contributed by atoms with van der Waals surface area (Å²) in [6, 6.07) is 0.741. The van der Waals surface area contributed by atoms with E-state index in [0.29, 0.717) is 0 Å². The Morgan fingerprint density at radius 1 is 1.29 bits per heavy atom. The maximum atomic E-state index is 3.68. The van der Waals surface area contributed by atoms with Gasteiger partial charge in [-0.1, -0.05) is 45.3 Å². The minimum absolute atomic E-state index is 0.741. The van der Waals surface area contributed by atoms with E-state index in [0.717, 1.165) is 12.0 Å². The number of unbranched alkanes of at least 4 members (excludes halogenated alkanes) is 1. The molecule has 0 amide bonds. The molecule has 0 aromatic heterocycles. The van der Waals surface area contributed by atoms with Crippen LogP contribution in [0.25, 0.3) is 0 Å². The maximum absolute atomic E-state index is 3.68. The molecular weight excluding hydrogens is 170 g/mol. The normalized spacial score (nSPS) is 19.0. The Morgan fingerprint density at radius 2 is 2.00 bits per heavy atom. The fraction of sp³-hybridized carbons (Fsp3) is 0.846. The molecule has 0 bridgehead atoms. The van der Waals surface area contributed by atoms with Gasteiger partial charge in [0.05, 0.1) is 0 Å². The van der Waals surface area contributed by atoms with Gasteiger partial charge in [0.15, 0.2) is 0 Å². The van der Waals surface area contributed by atoms with Gasteiger partial charge in [-0.05, 0) is 31.7 Å². The lowest BCUT2D eigenvalue weighted by Crippen LogP contribution is -2.31. The van der Waals surface area contributed by atoms with Crippen molar-refractivity contribution < 1.29 is 0 Å². The van der Waals surface area contributed by atoms with Crippen LogP contribution in [0.3, 0.4) is 0 Å². The Kier molecular flexibility index (Phi) is 5.93. The molecule has 0 fully saturated rings. The first-order chi connectivity index (χ1) is 6.86. The van der Waals surface area contributed by atoms with Crippen LogP contribution >= 0.6 is 0 Å². The highest BCUT2D eigenvalue weighted by atomic mass is 14.9. The molecule has 0 spiro atoms. The van der Waals surface area contributed by atoms with Crippen molar-refractivity contribution >= 4 is 0 Å². The van der Waals surface area contributed by atoms with Gasteiger partial charge in [0, 0.05) is 6.04 Å². The van der Waals surface area contributed by atoms with E-state index in [1.807, 2.05) is 0 Å². The van der Waals surface area contributed by atoms with E-state index < -0.39 is 0 Å². The van der Waals surface area contributed by atoms with Crippen molar-refractivity contribution in [1.82, 2.24) is 5.32 Å². The molecule has 1 aliphatic rings. The molecule has 1 aliphatic carbocycles. The Bertz CT molecular complexity index is 155. The predicted octanol–water partition coefficient (Wildman–Crippen LogP) is 3.51. The number of hydrogen-bond acceptors (Lipinski definition) is 1. The van der Waals surface area contributed by atoms with Crippen LogP contribution in [0, 0.1) is 5.92 Å². The van der Waals surface area contributed by atoms with Crippen molar-refractivity contribution in [2.24, 2.45) is 5.92 Å². The Balaban J connectivity index is 2.07. The second-order valence-electron chi connectivity index (χ2n) is 4.46. The highest BCUT2D eigenvalue weighted by Crippen LogP contribution is 2.14. The molecule has 1 heteroatoms. The summed E-state index contributed by atoms with van der Waals surface area (Å²) in [6.45, 7) is 5.82. The summed E-state index contributed by atoms with van der Waals surface area (Å²) in [7, 11) is 0. The molecule has 0 heterocycles. The summed E-state index contributed by atoms with van der Waals surface area (Å²) in [5.74, 6) is 0.899. The largest absolute Gasteiger partial charge is 0.313 e. The fourth-order valence-electron chi connectivity index (χ4n) is 2.06. The summed E-state index contributed by atoms with van der Waals surface area (Å²) in [5.41, 5.74) is 0. The van der Waals surface area contributed by atoms with Crippen LogP contribution in [-0.2, 0) is 0 Å². The molecule has 0 radical (unpaired) electrons. The van der Waals surface area contributed by atoms with Gasteiger partial charge < -0.3 is 5.32 Å². The van der Waals surface area contributed by atoms with Gasteiger partial charge >= 0.3 is 0 Å². The molecule has 0 aliphatic heterocycles. The summed E-state index contributed by atoms with van der Waals surface area (Å²) >= 11 is 0. The van der Waals surface area contributed by atoms with E-state index in [-0.39, 0.29) is 0 Å². The topological polar surface area (TPSA) is 12.0 Å². The average molecular weight is 195 g/mol. The zero-order valence-corrected chi connectivity index (χ0v) is 9.76. The smallest absolute Gasteiger partial charge is 0.0136 e. The van der Waals surface area contributed by atoms with Gasteiger partial charge in [0.2, 0.25) is 0 Å². The minimum atomic E-state index is 0.741. The van der Waals surface area contributed by atoms with Crippen LogP contribution in [-0.4, -0.2) is 12.6 Å². The van der Waals surface area contributed by atoms with Gasteiger partial charge in [-0.25, -0.2) is 0 Å². The quantitative estimate of drug-likeness (QED) is 0.613. The summed E-state index contributed by atoms with van der Waals surface area (Å²) in [4.78, 5) is 0. The first-order valence-corrected chi connectivity index (χ1v) is 6.25. The van der Waals surface area contributed by atoms with Crippen LogP contribution in [0.15, 0.2) is 12.2 Å². The van der Waals surface area contributed by atoms with Gasteiger partial charge in [0.1, 0.15) is 0 Å². The average Bonchev–Trinajstić information content (AvgIpc) is 2.71. The lowest BCUT2D eigenvalue weighted by molar-refractivity contribution is 0.392. The van der Waals surface area contributed by atoms with E-state index in [9.17, 15) is 0 Å². The molecule has 1 rings (SSSR count). The number of hydrogen-bond donors (Lipinski definition) is 1. The van der Waals surface area contributed by atoms with Crippen molar-refractivity contribution in [2.75, 3.05) is 6.54 Å². The highest BCUT2D eigenvalue weighted by molar-refractivity contribution is 4.97. The first kappa shape index (κ1) is 11.8. The lowest BCUT2D eigenvalue weighted by Gasteiger charge is -2.18. The molecule has 14 heavy (non-hydrogen) atoms. The van der Waals surface area contributed by atoms with E-state index in [1.165, 1.54) is 45.1 Å². The zero-order valence-electron chi connectivity index (χ0n) is 9.76. The molecule has 0 aromatic carbocycles. The standard InChI is InChI=1S/C13H25N/c1-3-5-8-12(4-2)11-14-13-9-6-7-10-13/h6-7,12-14H,3-5,8-11H2,1-2H3. The Labute approximate surface area is 89.0 Å². The summed E-state index contributed by atoms with van der Waals surface area (Å²) < 4.78 is 0. The monoisotopic (exact) mass is 195 g/mol. The van der Waals surface area contributed by atoms with Crippen LogP contribution in [0.5, 0.6) is 0 Å². The predicted molar refractivity (Wildman–Crippen MR) is 63.5 cm³/mol. The molecule has 0 saturated carbocycles. The highest BCUT2D eigenvalue weighted by Gasteiger charge is 2.11. The molecule has 1 nitrogen and oxygen atoms in total. The lowest BCUT2D eigenvalue weighted by atomic mass is 9.99. The SMILES string of the molecule is CCCCC(CC)CNC1CC=CC1. The molecule has 1 N–H and O–H groups in total. The van der Waals surface area contributed by atoms with Gasteiger partial charge in [0.25, 0.3) is 0 Å². The van der Waals surface area contributed by atoms with Crippen LogP contribution in [0.1, 0.15) is 52.4 Å². The molecule has 1 unspecified atom stereocenters. The van der Waals surface area contributed by atoms with Gasteiger partial charge in [-0.3, -0.25) is 0 Å². The number of nitrogens with one attached hydrogen (secondary N) is 1. The second-order valence-corrected chi connectivity index (χ2v) is 4.46. The van der Waals surface area contributed by atoms with Crippen LogP contribution in [0.2, 0.25) is 0 Å². The third-order valence-corrected chi connectivity index (χ3v) is 3.25. The maximum Gasteiger partial charge on any atom is 0.0136 e. The molecule has 0 aromatic rings. The van der Waals surface area contributed by atoms with E-state index >= 15 is 0 Å². The zero-order chi connectivity index (χ0) is 10.2. The summed E-state index contributed by atoms with van der Waals surface area (Å²) in [6.07, 6.45) is 12.5. The Hall–Kier alpha value is -0.300. The van der Waals surface area contributed by atoms with Crippen molar-refractivity contribution in [1.29, 1.82) is 0 Å². The van der Waals surface area contributed by atoms with E-state index in [1.54, 1.807) is 0 Å². The molecular formula is C13H25N. The fourth-order valence-corrected chi connectivity index (χ4v) is 2.06. The third kappa shape index (κ3) is 4.28. The number of rotatable bonds is 7. The van der Waals surface area contributed by atoms with Crippen molar-refractivity contribution in [3.8, 4) is 0 Å². The Morgan fingerprint density at radius 3 is 2.57 bits per heavy atom. The van der Waals surface area contributed by atoms with E-state index in [4.69, 9.17) is 0 Å². The molecule has 0 saturated heterocycles. The van der Waals surface area contributed by atoms with Gasteiger partial charge in [-0.15, -0.1) is 0 Å². The van der Waals surface area contributed by atoms with Crippen molar-refractivity contribution in [3.63, 3.8) is 0 Å². The van der Waals surface area contributed by atoms with Crippen LogP contribution in [0.4, 0.5) is 0 Å². The van der Waals surface area contributed by atoms with E-state index in [2.05, 4.69) is 31.3 Å². The molecule has 82 valence electrons. The van der Waals surface area contributed by atoms with Crippen LogP contribution < -0.4 is 5.32 Å². The first-order valence-electron chi connectivity index (χ1n) is 6.25. The molecule has 1 atom stereocenters. The third-order valence-electron chi connectivity index (χ3n) is 3.25.